The molecule has 1 aromatic heterocycles. The molecular weight excluding hydrogens is 320 g/mol. The fourth-order valence-electron chi connectivity index (χ4n) is 3.76. The molecule has 0 unspecified atom stereocenters. The number of rotatable bonds is 5. The smallest absolute Gasteiger partial charge is 0.250 e. The van der Waals surface area contributed by atoms with Crippen molar-refractivity contribution in [1.29, 1.82) is 0 Å². The van der Waals surface area contributed by atoms with Gasteiger partial charge in [-0.1, -0.05) is 0 Å². The molecule has 0 radical (unpaired) electrons. The van der Waals surface area contributed by atoms with Gasteiger partial charge in [0, 0.05) is 45.1 Å². The van der Waals surface area contributed by atoms with Crippen molar-refractivity contribution in [2.24, 2.45) is 0 Å². The number of amides is 2. The van der Waals surface area contributed by atoms with Crippen LogP contribution in [0.25, 0.3) is 0 Å². The summed E-state index contributed by atoms with van der Waals surface area (Å²) in [5, 5.41) is 10.5. The number of hydrogen-bond acceptors (Lipinski definition) is 5. The van der Waals surface area contributed by atoms with Crippen molar-refractivity contribution >= 4 is 11.8 Å². The summed E-state index contributed by atoms with van der Waals surface area (Å²) >= 11 is 0. The van der Waals surface area contributed by atoms with Crippen LogP contribution in [0, 0.1) is 0 Å². The van der Waals surface area contributed by atoms with Crippen molar-refractivity contribution in [3.05, 3.63) is 18.5 Å². The predicted molar refractivity (Wildman–Crippen MR) is 94.0 cm³/mol. The Balaban J connectivity index is 1.63. The number of hydrogen-bond donors (Lipinski definition) is 2. The number of piperazine rings is 1. The highest BCUT2D eigenvalue weighted by atomic mass is 16.2. The van der Waals surface area contributed by atoms with Crippen molar-refractivity contribution < 1.29 is 9.59 Å². The molecule has 2 aliphatic rings. The minimum atomic E-state index is -0.573. The van der Waals surface area contributed by atoms with Crippen molar-refractivity contribution in [2.45, 2.75) is 25.3 Å². The summed E-state index contributed by atoms with van der Waals surface area (Å²) in [6.07, 6.45) is 5.15. The summed E-state index contributed by atoms with van der Waals surface area (Å²) in [6, 6.07) is 1.88. The first-order valence-electron chi connectivity index (χ1n) is 9.15. The van der Waals surface area contributed by atoms with E-state index in [-0.39, 0.29) is 11.8 Å². The van der Waals surface area contributed by atoms with Crippen molar-refractivity contribution in [2.75, 3.05) is 52.4 Å². The molecule has 2 amide bonds. The second-order valence-corrected chi connectivity index (χ2v) is 6.75. The molecule has 0 bridgehead atoms. The first-order valence-corrected chi connectivity index (χ1v) is 9.15. The third kappa shape index (κ3) is 3.85. The molecule has 2 saturated heterocycles. The maximum atomic E-state index is 13.3. The summed E-state index contributed by atoms with van der Waals surface area (Å²) in [5.41, 5.74) is -0.573. The van der Waals surface area contributed by atoms with E-state index in [4.69, 9.17) is 0 Å². The molecule has 0 spiro atoms. The Hall–Kier alpha value is -1.93. The van der Waals surface area contributed by atoms with Gasteiger partial charge >= 0.3 is 0 Å². The zero-order valence-corrected chi connectivity index (χ0v) is 14.9. The lowest BCUT2D eigenvalue weighted by atomic mass is 9.86. The first-order chi connectivity index (χ1) is 12.2. The third-order valence-corrected chi connectivity index (χ3v) is 5.17. The summed E-state index contributed by atoms with van der Waals surface area (Å²) in [5.74, 6) is 0.212. The van der Waals surface area contributed by atoms with Crippen LogP contribution in [0.1, 0.15) is 19.8 Å². The Labute approximate surface area is 148 Å². The number of carbonyl (C=O) groups is 2. The Kier molecular flexibility index (Phi) is 5.70. The van der Waals surface area contributed by atoms with Gasteiger partial charge in [0.05, 0.1) is 6.54 Å². The highest BCUT2D eigenvalue weighted by molar-refractivity contribution is 5.85. The van der Waals surface area contributed by atoms with Gasteiger partial charge in [0.25, 0.3) is 5.91 Å². The number of nitrogens with zero attached hydrogens (tertiary/aromatic N) is 4. The Morgan fingerprint density at radius 2 is 1.92 bits per heavy atom. The number of nitrogens with one attached hydrogen (secondary N) is 2. The lowest BCUT2D eigenvalue weighted by Crippen LogP contribution is -2.59. The average Bonchev–Trinajstić information content (AvgIpc) is 3.18. The molecule has 3 heterocycles. The second kappa shape index (κ2) is 7.97. The molecule has 8 heteroatoms. The highest BCUT2D eigenvalue weighted by Gasteiger charge is 2.44. The summed E-state index contributed by atoms with van der Waals surface area (Å²) in [4.78, 5) is 29.1. The largest absolute Gasteiger partial charge is 0.355 e. The zero-order valence-electron chi connectivity index (χ0n) is 14.9. The van der Waals surface area contributed by atoms with Crippen molar-refractivity contribution in [3.8, 4) is 0 Å². The van der Waals surface area contributed by atoms with Crippen LogP contribution in [-0.4, -0.2) is 83.8 Å². The minimum absolute atomic E-state index is 0.0497. The van der Waals surface area contributed by atoms with Gasteiger partial charge in [0.15, 0.2) is 0 Å². The number of likely N-dealkylation sites (N-methyl/N-ethyl adjacent to an activating group) is 1. The highest BCUT2D eigenvalue weighted by Crippen LogP contribution is 2.29. The average molecular weight is 348 g/mol. The van der Waals surface area contributed by atoms with Crippen LogP contribution in [0.3, 0.4) is 0 Å². The fraction of sp³-hybridized carbons (Fsp3) is 0.706. The quantitative estimate of drug-likeness (QED) is 0.731. The molecule has 0 saturated carbocycles. The summed E-state index contributed by atoms with van der Waals surface area (Å²) in [7, 11) is 0. The second-order valence-electron chi connectivity index (χ2n) is 6.75. The molecule has 2 fully saturated rings. The van der Waals surface area contributed by atoms with Gasteiger partial charge in [-0.2, -0.15) is 5.10 Å². The van der Waals surface area contributed by atoms with E-state index in [1.54, 1.807) is 6.20 Å². The maximum absolute atomic E-state index is 13.3. The van der Waals surface area contributed by atoms with Crippen molar-refractivity contribution in [1.82, 2.24) is 30.2 Å². The first kappa shape index (κ1) is 17.9. The Morgan fingerprint density at radius 1 is 1.20 bits per heavy atom. The van der Waals surface area contributed by atoms with E-state index in [0.717, 1.165) is 39.0 Å². The van der Waals surface area contributed by atoms with Crippen LogP contribution < -0.4 is 10.6 Å². The molecule has 3 rings (SSSR count). The van der Waals surface area contributed by atoms with E-state index in [2.05, 4.69) is 20.6 Å². The van der Waals surface area contributed by atoms with Crippen LogP contribution >= 0.6 is 0 Å². The molecule has 1 aromatic rings. The number of aromatic nitrogens is 2. The van der Waals surface area contributed by atoms with Gasteiger partial charge in [0.1, 0.15) is 5.54 Å². The molecule has 138 valence electrons. The van der Waals surface area contributed by atoms with Gasteiger partial charge in [-0.25, -0.2) is 0 Å². The molecule has 8 nitrogen and oxygen atoms in total. The van der Waals surface area contributed by atoms with E-state index in [0.29, 0.717) is 26.2 Å². The number of piperidine rings is 1. The van der Waals surface area contributed by atoms with Crippen LogP contribution in [0.5, 0.6) is 0 Å². The Bertz CT molecular complexity index is 574. The van der Waals surface area contributed by atoms with E-state index < -0.39 is 5.54 Å². The van der Waals surface area contributed by atoms with Gasteiger partial charge in [-0.3, -0.25) is 19.2 Å². The summed E-state index contributed by atoms with van der Waals surface area (Å²) < 4.78 is 1.84. The van der Waals surface area contributed by atoms with Gasteiger partial charge in [-0.05, 0) is 38.9 Å². The van der Waals surface area contributed by atoms with Crippen LogP contribution in [0.15, 0.2) is 18.5 Å². The fourth-order valence-corrected chi connectivity index (χ4v) is 3.76. The predicted octanol–water partition coefficient (Wildman–Crippen LogP) is -0.758. The molecular formula is C17H28N6O2. The van der Waals surface area contributed by atoms with E-state index in [9.17, 15) is 9.59 Å². The molecule has 0 aliphatic carbocycles. The minimum Gasteiger partial charge on any atom is -0.355 e. The molecule has 2 aliphatic heterocycles. The normalized spacial score (nSPS) is 21.1. The lowest BCUT2D eigenvalue weighted by molar-refractivity contribution is -0.145. The lowest BCUT2D eigenvalue weighted by Gasteiger charge is -2.43. The SMILES string of the molecule is CCNC(=O)CN1CCN(C(=O)C2(n3cccn3)CCNCC2)CC1. The van der Waals surface area contributed by atoms with E-state index >= 15 is 0 Å². The van der Waals surface area contributed by atoms with Gasteiger partial charge in [0.2, 0.25) is 5.91 Å². The van der Waals surface area contributed by atoms with Crippen LogP contribution in [-0.2, 0) is 15.1 Å². The van der Waals surface area contributed by atoms with Crippen LogP contribution in [0.4, 0.5) is 0 Å². The maximum Gasteiger partial charge on any atom is 0.250 e. The van der Waals surface area contributed by atoms with Crippen LogP contribution in [0.2, 0.25) is 0 Å². The Morgan fingerprint density at radius 3 is 2.52 bits per heavy atom. The number of carbonyl (C=O) groups excluding carboxylic acids is 2. The third-order valence-electron chi connectivity index (χ3n) is 5.17. The molecule has 0 atom stereocenters. The van der Waals surface area contributed by atoms with Crippen molar-refractivity contribution in [3.63, 3.8) is 0 Å². The van der Waals surface area contributed by atoms with E-state index in [1.165, 1.54) is 0 Å². The summed E-state index contributed by atoms with van der Waals surface area (Å²) in [6.45, 7) is 7.41. The zero-order chi connectivity index (χ0) is 17.7. The topological polar surface area (TPSA) is 82.5 Å². The standard InChI is InChI=1S/C17H28N6O2/c1-2-19-15(24)14-21-10-12-22(13-11-21)16(25)17(4-7-18-8-5-17)23-9-3-6-20-23/h3,6,9,18H,2,4-5,7-8,10-14H2,1H3,(H,19,24). The monoisotopic (exact) mass is 348 g/mol. The van der Waals surface area contributed by atoms with E-state index in [1.807, 2.05) is 28.8 Å². The molecule has 25 heavy (non-hydrogen) atoms. The van der Waals surface area contributed by atoms with Gasteiger partial charge in [-0.15, -0.1) is 0 Å². The molecule has 2 N–H and O–H groups in total. The molecule has 0 aromatic carbocycles. The van der Waals surface area contributed by atoms with Gasteiger partial charge < -0.3 is 15.5 Å².